The fraction of sp³-hybridized carbons (Fsp3) is 0.667. The number of ether oxygens (including phenoxy) is 2. The highest BCUT2D eigenvalue weighted by atomic mass is 19.1. The fourth-order valence-corrected chi connectivity index (χ4v) is 4.17. The van der Waals surface area contributed by atoms with E-state index in [4.69, 9.17) is 9.47 Å². The molecule has 6 nitrogen and oxygen atoms in total. The highest BCUT2D eigenvalue weighted by molar-refractivity contribution is 5.92. The Kier molecular flexibility index (Phi) is 6.13. The molecule has 7 heteroatoms. The molecule has 3 fully saturated rings. The molecule has 0 atom stereocenters. The number of likely N-dealkylation sites (tertiary alicyclic amines) is 2. The van der Waals surface area contributed by atoms with Crippen LogP contribution < -0.4 is 10.1 Å². The number of benzene rings is 1. The van der Waals surface area contributed by atoms with E-state index in [1.54, 1.807) is 19.2 Å². The lowest BCUT2D eigenvalue weighted by Gasteiger charge is -2.41. The molecule has 1 aliphatic carbocycles. The van der Waals surface area contributed by atoms with E-state index in [1.807, 2.05) is 4.90 Å². The van der Waals surface area contributed by atoms with Crippen molar-refractivity contribution in [1.29, 1.82) is 0 Å². The molecular weight excluding hydrogens is 361 g/mol. The molecule has 0 radical (unpaired) electrons. The average molecular weight is 391 g/mol. The Morgan fingerprint density at radius 3 is 2.54 bits per heavy atom. The molecule has 2 heterocycles. The van der Waals surface area contributed by atoms with Gasteiger partial charge in [-0.25, -0.2) is 4.39 Å². The Hall–Kier alpha value is -1.70. The quantitative estimate of drug-likeness (QED) is 0.774. The summed E-state index contributed by atoms with van der Waals surface area (Å²) in [7, 11) is 1.67. The van der Waals surface area contributed by atoms with Gasteiger partial charge in [-0.2, -0.15) is 0 Å². The van der Waals surface area contributed by atoms with Crippen LogP contribution in [0.25, 0.3) is 0 Å². The zero-order valence-electron chi connectivity index (χ0n) is 16.5. The summed E-state index contributed by atoms with van der Waals surface area (Å²) in [4.78, 5) is 16.6. The Morgan fingerprint density at radius 1 is 1.18 bits per heavy atom. The van der Waals surface area contributed by atoms with Gasteiger partial charge in [-0.05, 0) is 37.8 Å². The van der Waals surface area contributed by atoms with E-state index in [-0.39, 0.29) is 30.3 Å². The van der Waals surface area contributed by atoms with Crippen LogP contribution in [0.1, 0.15) is 32.1 Å². The van der Waals surface area contributed by atoms with Crippen LogP contribution in [0.5, 0.6) is 5.75 Å². The number of amides is 1. The normalized spacial score (nSPS) is 22.5. The van der Waals surface area contributed by atoms with Crippen LogP contribution in [0.2, 0.25) is 0 Å². The van der Waals surface area contributed by atoms with Gasteiger partial charge >= 0.3 is 0 Å². The highest BCUT2D eigenvalue weighted by Crippen LogP contribution is 2.29. The maximum Gasteiger partial charge on any atom is 0.238 e. The van der Waals surface area contributed by atoms with Crippen molar-refractivity contribution < 1.29 is 18.7 Å². The number of carbonyl (C=O) groups excluding carboxylic acids is 1. The van der Waals surface area contributed by atoms with Crippen LogP contribution in [0.3, 0.4) is 0 Å². The van der Waals surface area contributed by atoms with Gasteiger partial charge in [0.2, 0.25) is 5.91 Å². The number of piperidine rings is 1. The molecule has 2 aliphatic heterocycles. The zero-order chi connectivity index (χ0) is 19.5. The molecule has 28 heavy (non-hydrogen) atoms. The van der Waals surface area contributed by atoms with Gasteiger partial charge in [-0.1, -0.05) is 6.42 Å². The van der Waals surface area contributed by atoms with E-state index in [2.05, 4.69) is 10.2 Å². The first-order valence-corrected chi connectivity index (χ1v) is 10.4. The second kappa shape index (κ2) is 8.76. The number of nitrogens with zero attached hydrogens (tertiary/aromatic N) is 2. The number of carbonyl (C=O) groups is 1. The summed E-state index contributed by atoms with van der Waals surface area (Å²) in [5.74, 6) is -0.148. The summed E-state index contributed by atoms with van der Waals surface area (Å²) < 4.78 is 25.6. The maximum atomic E-state index is 14.4. The van der Waals surface area contributed by atoms with Gasteiger partial charge < -0.3 is 19.7 Å². The summed E-state index contributed by atoms with van der Waals surface area (Å²) in [6.45, 7) is 3.84. The average Bonchev–Trinajstić information content (AvgIpc) is 2.60. The molecule has 1 aromatic rings. The maximum absolute atomic E-state index is 14.4. The van der Waals surface area contributed by atoms with Crippen LogP contribution in [-0.4, -0.2) is 73.8 Å². The molecule has 0 bridgehead atoms. The smallest absolute Gasteiger partial charge is 0.238 e. The minimum Gasteiger partial charge on any atom is -0.490 e. The first kappa shape index (κ1) is 19.6. The predicted octanol–water partition coefficient (Wildman–Crippen LogP) is 2.49. The van der Waals surface area contributed by atoms with Gasteiger partial charge in [-0.15, -0.1) is 0 Å². The molecule has 4 rings (SSSR count). The fourth-order valence-electron chi connectivity index (χ4n) is 4.17. The second-order valence-corrected chi connectivity index (χ2v) is 8.18. The highest BCUT2D eigenvalue weighted by Gasteiger charge is 2.30. The third-order valence-electron chi connectivity index (χ3n) is 6.21. The molecule has 1 aromatic carbocycles. The van der Waals surface area contributed by atoms with Crippen LogP contribution in [-0.2, 0) is 9.53 Å². The molecule has 2 saturated heterocycles. The van der Waals surface area contributed by atoms with Crippen molar-refractivity contribution in [3.05, 3.63) is 24.0 Å². The van der Waals surface area contributed by atoms with E-state index < -0.39 is 5.82 Å². The number of hydrogen-bond donors (Lipinski definition) is 1. The van der Waals surface area contributed by atoms with Crippen molar-refractivity contribution in [2.75, 3.05) is 45.2 Å². The van der Waals surface area contributed by atoms with Gasteiger partial charge in [0.15, 0.2) is 0 Å². The van der Waals surface area contributed by atoms with E-state index in [0.29, 0.717) is 5.75 Å². The molecular formula is C21H30FN3O3. The van der Waals surface area contributed by atoms with Crippen molar-refractivity contribution in [2.24, 2.45) is 0 Å². The summed E-state index contributed by atoms with van der Waals surface area (Å²) >= 11 is 0. The standard InChI is InChI=1S/C21H30FN3O3/c1-27-18-12-24(13-18)14-21(26)23-20-6-5-17(11-19(20)22)28-16-7-9-25(10-8-16)15-3-2-4-15/h5-6,11,15-16,18H,2-4,7-10,12-14H2,1H3,(H,23,26). The van der Waals surface area contributed by atoms with E-state index in [1.165, 1.54) is 25.3 Å². The second-order valence-electron chi connectivity index (χ2n) is 8.18. The van der Waals surface area contributed by atoms with E-state index in [9.17, 15) is 9.18 Å². The number of rotatable bonds is 7. The van der Waals surface area contributed by atoms with Crippen molar-refractivity contribution in [1.82, 2.24) is 9.80 Å². The van der Waals surface area contributed by atoms with Crippen molar-refractivity contribution >= 4 is 11.6 Å². The summed E-state index contributed by atoms with van der Waals surface area (Å²) in [6.07, 6.45) is 6.31. The Bertz CT molecular complexity index is 683. The number of nitrogens with one attached hydrogen (secondary N) is 1. The SMILES string of the molecule is COC1CN(CC(=O)Nc2ccc(OC3CCN(C4CCC4)CC3)cc2F)C1. The molecule has 1 saturated carbocycles. The number of halogens is 1. The van der Waals surface area contributed by atoms with Gasteiger partial charge in [0.25, 0.3) is 0 Å². The summed E-state index contributed by atoms with van der Waals surface area (Å²) in [5, 5.41) is 2.65. The molecule has 1 amide bonds. The third kappa shape index (κ3) is 4.64. The lowest BCUT2D eigenvalue weighted by Crippen LogP contribution is -2.54. The minimum atomic E-state index is -0.462. The number of methoxy groups -OCH3 is 1. The third-order valence-corrected chi connectivity index (χ3v) is 6.21. The topological polar surface area (TPSA) is 54.0 Å². The van der Waals surface area contributed by atoms with Crippen LogP contribution >= 0.6 is 0 Å². The van der Waals surface area contributed by atoms with E-state index in [0.717, 1.165) is 45.1 Å². The Labute approximate surface area is 166 Å². The van der Waals surface area contributed by atoms with Crippen molar-refractivity contribution in [2.45, 2.75) is 50.4 Å². The lowest BCUT2D eigenvalue weighted by molar-refractivity contribution is -0.120. The van der Waals surface area contributed by atoms with Gasteiger partial charge in [0.05, 0.1) is 18.3 Å². The predicted molar refractivity (Wildman–Crippen MR) is 105 cm³/mol. The van der Waals surface area contributed by atoms with Gasteiger partial charge in [0.1, 0.15) is 17.7 Å². The van der Waals surface area contributed by atoms with Crippen molar-refractivity contribution in [3.8, 4) is 5.75 Å². The molecule has 0 aromatic heterocycles. The van der Waals surface area contributed by atoms with Gasteiger partial charge in [0, 0.05) is 45.4 Å². The van der Waals surface area contributed by atoms with Gasteiger partial charge in [-0.3, -0.25) is 9.69 Å². The lowest BCUT2D eigenvalue weighted by atomic mass is 9.90. The number of anilines is 1. The number of hydrogen-bond acceptors (Lipinski definition) is 5. The monoisotopic (exact) mass is 391 g/mol. The van der Waals surface area contributed by atoms with Crippen molar-refractivity contribution in [3.63, 3.8) is 0 Å². The minimum absolute atomic E-state index is 0.135. The molecule has 0 spiro atoms. The van der Waals surface area contributed by atoms with Crippen LogP contribution in [0.15, 0.2) is 18.2 Å². The Morgan fingerprint density at radius 2 is 1.93 bits per heavy atom. The molecule has 1 N–H and O–H groups in total. The molecule has 3 aliphatic rings. The van der Waals surface area contributed by atoms with Crippen LogP contribution in [0, 0.1) is 5.82 Å². The largest absolute Gasteiger partial charge is 0.490 e. The summed E-state index contributed by atoms with van der Waals surface area (Å²) in [6, 6.07) is 5.47. The molecule has 0 unspecified atom stereocenters. The zero-order valence-corrected chi connectivity index (χ0v) is 16.5. The first-order valence-electron chi connectivity index (χ1n) is 10.4. The van der Waals surface area contributed by atoms with E-state index >= 15 is 0 Å². The Balaban J connectivity index is 1.23. The molecule has 154 valence electrons. The van der Waals surface area contributed by atoms with Crippen LogP contribution in [0.4, 0.5) is 10.1 Å². The summed E-state index contributed by atoms with van der Waals surface area (Å²) in [5.41, 5.74) is 0.195. The first-order chi connectivity index (χ1) is 13.6.